The van der Waals surface area contributed by atoms with E-state index in [-0.39, 0.29) is 12.4 Å². The summed E-state index contributed by atoms with van der Waals surface area (Å²) in [5.74, 6) is -0.0766. The molecular formula is C19H20F2N6O. The third kappa shape index (κ3) is 5.26. The van der Waals surface area contributed by atoms with Crippen molar-refractivity contribution in [1.82, 2.24) is 25.8 Å². The van der Waals surface area contributed by atoms with Crippen molar-refractivity contribution in [3.63, 3.8) is 0 Å². The van der Waals surface area contributed by atoms with Gasteiger partial charge in [-0.05, 0) is 23.8 Å². The van der Waals surface area contributed by atoms with E-state index >= 15 is 0 Å². The maximum atomic E-state index is 13.5. The molecule has 1 heterocycles. The van der Waals surface area contributed by atoms with Crippen LogP contribution in [0.2, 0.25) is 0 Å². The lowest BCUT2D eigenvalue weighted by Crippen LogP contribution is -2.38. The van der Waals surface area contributed by atoms with Gasteiger partial charge in [-0.3, -0.25) is 10.1 Å². The molecule has 0 aliphatic carbocycles. The summed E-state index contributed by atoms with van der Waals surface area (Å²) in [6.45, 7) is 1.15. The second-order valence-electron chi connectivity index (χ2n) is 5.81. The van der Waals surface area contributed by atoms with E-state index in [0.29, 0.717) is 24.9 Å². The molecule has 146 valence electrons. The summed E-state index contributed by atoms with van der Waals surface area (Å²) in [5.41, 5.74) is 1.98. The second-order valence-corrected chi connectivity index (χ2v) is 5.81. The largest absolute Gasteiger partial charge is 0.489 e. The van der Waals surface area contributed by atoms with Crippen molar-refractivity contribution in [3.05, 3.63) is 66.0 Å². The Morgan fingerprint density at radius 2 is 2.07 bits per heavy atom. The van der Waals surface area contributed by atoms with E-state index < -0.39 is 11.6 Å². The Morgan fingerprint density at radius 1 is 1.18 bits per heavy atom. The van der Waals surface area contributed by atoms with Gasteiger partial charge in [-0.25, -0.2) is 13.8 Å². The van der Waals surface area contributed by atoms with E-state index in [4.69, 9.17) is 4.74 Å². The molecule has 3 N–H and O–H groups in total. The van der Waals surface area contributed by atoms with E-state index in [1.165, 1.54) is 12.4 Å². The van der Waals surface area contributed by atoms with Gasteiger partial charge in [-0.15, -0.1) is 0 Å². The summed E-state index contributed by atoms with van der Waals surface area (Å²) in [6, 6.07) is 11.1. The molecule has 3 aromatic rings. The van der Waals surface area contributed by atoms with Crippen LogP contribution in [-0.2, 0) is 6.54 Å². The Labute approximate surface area is 160 Å². The number of nitrogens with one attached hydrogen (secondary N) is 3. The molecule has 0 unspecified atom stereocenters. The molecule has 9 heteroatoms. The highest BCUT2D eigenvalue weighted by molar-refractivity contribution is 5.79. The number of guanidine groups is 1. The first-order valence-corrected chi connectivity index (χ1v) is 8.63. The molecule has 0 spiro atoms. The van der Waals surface area contributed by atoms with Gasteiger partial charge in [0.05, 0.1) is 6.54 Å². The van der Waals surface area contributed by atoms with Gasteiger partial charge >= 0.3 is 0 Å². The molecule has 0 aliphatic heterocycles. The number of nitrogens with zero attached hydrogens (tertiary/aromatic N) is 3. The number of aromatic amines is 1. The summed E-state index contributed by atoms with van der Waals surface area (Å²) in [6.07, 6.45) is 1.46. The first-order valence-electron chi connectivity index (χ1n) is 8.63. The minimum atomic E-state index is -0.728. The predicted molar refractivity (Wildman–Crippen MR) is 102 cm³/mol. The normalized spacial score (nSPS) is 11.3. The molecule has 7 nitrogen and oxygen atoms in total. The summed E-state index contributed by atoms with van der Waals surface area (Å²) in [7, 11) is 1.65. The first-order chi connectivity index (χ1) is 13.7. The van der Waals surface area contributed by atoms with E-state index in [2.05, 4.69) is 30.8 Å². The number of hydrogen-bond donors (Lipinski definition) is 3. The quantitative estimate of drug-likeness (QED) is 0.330. The van der Waals surface area contributed by atoms with Gasteiger partial charge in [0, 0.05) is 25.2 Å². The summed E-state index contributed by atoms with van der Waals surface area (Å²) >= 11 is 0. The van der Waals surface area contributed by atoms with E-state index in [0.717, 1.165) is 23.3 Å². The number of aliphatic imine (C=N–C) groups is 1. The molecule has 0 fully saturated rings. The standard InChI is InChI=1S/C19H20F2N6O/c1-22-19(23-7-8-28-17-6-5-15(20)10-16(17)21)24-11-13-3-2-4-14(9-13)18-25-12-26-27-18/h2-6,9-10,12H,7-8,11H2,1H3,(H2,22,23,24)(H,25,26,27). The lowest BCUT2D eigenvalue weighted by Gasteiger charge is -2.13. The Balaban J connectivity index is 1.45. The van der Waals surface area contributed by atoms with E-state index in [1.807, 2.05) is 24.3 Å². The van der Waals surface area contributed by atoms with Gasteiger partial charge in [0.2, 0.25) is 0 Å². The van der Waals surface area contributed by atoms with Crippen molar-refractivity contribution in [3.8, 4) is 17.1 Å². The summed E-state index contributed by atoms with van der Waals surface area (Å²) in [4.78, 5) is 8.28. The highest BCUT2D eigenvalue weighted by Gasteiger charge is 2.05. The Kier molecular flexibility index (Phi) is 6.50. The van der Waals surface area contributed by atoms with Crippen molar-refractivity contribution < 1.29 is 13.5 Å². The van der Waals surface area contributed by atoms with Crippen LogP contribution >= 0.6 is 0 Å². The smallest absolute Gasteiger partial charge is 0.191 e. The van der Waals surface area contributed by atoms with Crippen molar-refractivity contribution >= 4 is 5.96 Å². The topological polar surface area (TPSA) is 87.2 Å². The Bertz CT molecular complexity index is 930. The number of ether oxygens (including phenoxy) is 1. The molecular weight excluding hydrogens is 366 g/mol. The average Bonchev–Trinajstić information content (AvgIpc) is 3.24. The van der Waals surface area contributed by atoms with Gasteiger partial charge in [0.1, 0.15) is 18.8 Å². The fourth-order valence-electron chi connectivity index (χ4n) is 2.50. The lowest BCUT2D eigenvalue weighted by atomic mass is 10.1. The highest BCUT2D eigenvalue weighted by Crippen LogP contribution is 2.17. The van der Waals surface area contributed by atoms with Crippen LogP contribution in [0.3, 0.4) is 0 Å². The number of H-pyrrole nitrogens is 1. The molecule has 0 atom stereocenters. The molecule has 28 heavy (non-hydrogen) atoms. The van der Waals surface area contributed by atoms with Crippen LogP contribution in [0.25, 0.3) is 11.4 Å². The lowest BCUT2D eigenvalue weighted by molar-refractivity contribution is 0.304. The zero-order valence-corrected chi connectivity index (χ0v) is 15.2. The summed E-state index contributed by atoms with van der Waals surface area (Å²) < 4.78 is 31.7. The monoisotopic (exact) mass is 386 g/mol. The van der Waals surface area contributed by atoms with Crippen LogP contribution in [-0.4, -0.2) is 41.3 Å². The third-order valence-corrected chi connectivity index (χ3v) is 3.85. The van der Waals surface area contributed by atoms with Crippen LogP contribution in [0.15, 0.2) is 53.8 Å². The maximum Gasteiger partial charge on any atom is 0.191 e. The maximum absolute atomic E-state index is 13.5. The van der Waals surface area contributed by atoms with Gasteiger partial charge in [-0.2, -0.15) is 5.10 Å². The average molecular weight is 386 g/mol. The van der Waals surface area contributed by atoms with Crippen LogP contribution < -0.4 is 15.4 Å². The molecule has 3 rings (SSSR count). The zero-order valence-electron chi connectivity index (χ0n) is 15.2. The molecule has 1 aromatic heterocycles. The van der Waals surface area contributed by atoms with Gasteiger partial charge < -0.3 is 15.4 Å². The minimum Gasteiger partial charge on any atom is -0.489 e. The molecule has 0 amide bonds. The van der Waals surface area contributed by atoms with Gasteiger partial charge in [0.25, 0.3) is 0 Å². The first kappa shape index (κ1) is 19.3. The number of rotatable bonds is 7. The molecule has 2 aromatic carbocycles. The molecule has 0 saturated carbocycles. The summed E-state index contributed by atoms with van der Waals surface area (Å²) in [5, 5.41) is 12.9. The third-order valence-electron chi connectivity index (χ3n) is 3.85. The SMILES string of the molecule is CN=C(NCCOc1ccc(F)cc1F)NCc1cccc(-c2ncn[nH]2)c1. The van der Waals surface area contributed by atoms with Crippen molar-refractivity contribution in [2.75, 3.05) is 20.2 Å². The van der Waals surface area contributed by atoms with E-state index in [1.54, 1.807) is 7.05 Å². The Hall–Kier alpha value is -3.49. The Morgan fingerprint density at radius 3 is 2.82 bits per heavy atom. The van der Waals surface area contributed by atoms with Gasteiger partial charge in [0.15, 0.2) is 23.4 Å². The number of hydrogen-bond acceptors (Lipinski definition) is 4. The van der Waals surface area contributed by atoms with Crippen molar-refractivity contribution in [1.29, 1.82) is 0 Å². The van der Waals surface area contributed by atoms with Crippen molar-refractivity contribution in [2.45, 2.75) is 6.54 Å². The molecule has 0 bridgehead atoms. The van der Waals surface area contributed by atoms with Crippen LogP contribution in [0.4, 0.5) is 8.78 Å². The number of benzene rings is 2. The molecule has 0 saturated heterocycles. The fourth-order valence-corrected chi connectivity index (χ4v) is 2.50. The second kappa shape index (κ2) is 9.45. The predicted octanol–water partition coefficient (Wildman–Crippen LogP) is 2.49. The molecule has 0 radical (unpaired) electrons. The molecule has 0 aliphatic rings. The van der Waals surface area contributed by atoms with Crippen LogP contribution in [0, 0.1) is 11.6 Å². The minimum absolute atomic E-state index is 0.00961. The number of halogens is 2. The van der Waals surface area contributed by atoms with Crippen molar-refractivity contribution in [2.24, 2.45) is 4.99 Å². The van der Waals surface area contributed by atoms with Gasteiger partial charge in [-0.1, -0.05) is 18.2 Å². The zero-order chi connectivity index (χ0) is 19.8. The fraction of sp³-hybridized carbons (Fsp3) is 0.211. The van der Waals surface area contributed by atoms with E-state index in [9.17, 15) is 8.78 Å². The van der Waals surface area contributed by atoms with Crippen LogP contribution in [0.5, 0.6) is 5.75 Å². The number of aromatic nitrogens is 3. The van der Waals surface area contributed by atoms with Crippen LogP contribution in [0.1, 0.15) is 5.56 Å². The highest BCUT2D eigenvalue weighted by atomic mass is 19.1.